The van der Waals surface area contributed by atoms with Crippen LogP contribution in [0.2, 0.25) is 0 Å². The molecule has 1 aromatic rings. The van der Waals surface area contributed by atoms with Crippen LogP contribution >= 0.6 is 0 Å². The van der Waals surface area contributed by atoms with Crippen LogP contribution in [0.1, 0.15) is 23.2 Å². The maximum atomic E-state index is 12.2. The molecule has 7 heteroatoms. The first-order chi connectivity index (χ1) is 9.61. The first kappa shape index (κ1) is 14.3. The van der Waals surface area contributed by atoms with Crippen LogP contribution in [0, 0.1) is 10.1 Å². The molecule has 2 N–H and O–H groups in total. The van der Waals surface area contributed by atoms with E-state index in [2.05, 4.69) is 10.6 Å². The van der Waals surface area contributed by atoms with Gasteiger partial charge in [-0.05, 0) is 25.5 Å². The van der Waals surface area contributed by atoms with Gasteiger partial charge in [0.1, 0.15) is 5.75 Å². The minimum Gasteiger partial charge on any atom is -0.496 e. The highest BCUT2D eigenvalue weighted by Gasteiger charge is 2.21. The maximum absolute atomic E-state index is 12.2. The van der Waals surface area contributed by atoms with Gasteiger partial charge < -0.3 is 15.4 Å². The summed E-state index contributed by atoms with van der Waals surface area (Å²) in [5.41, 5.74) is 0.0602. The lowest BCUT2D eigenvalue weighted by atomic mass is 10.1. The summed E-state index contributed by atoms with van der Waals surface area (Å²) in [5.74, 6) is -0.0175. The lowest BCUT2D eigenvalue weighted by molar-refractivity contribution is -0.384. The number of piperidine rings is 1. The third kappa shape index (κ3) is 3.24. The van der Waals surface area contributed by atoms with Gasteiger partial charge in [0.15, 0.2) is 0 Å². The average Bonchev–Trinajstić information content (AvgIpc) is 2.47. The monoisotopic (exact) mass is 279 g/mol. The second-order valence-corrected chi connectivity index (χ2v) is 4.66. The van der Waals surface area contributed by atoms with Gasteiger partial charge in [-0.25, -0.2) is 0 Å². The molecule has 0 aromatic heterocycles. The van der Waals surface area contributed by atoms with Gasteiger partial charge in [0, 0.05) is 24.7 Å². The minimum absolute atomic E-state index is 0.0419. The van der Waals surface area contributed by atoms with Crippen LogP contribution in [-0.4, -0.2) is 37.1 Å². The molecular weight excluding hydrogens is 262 g/mol. The van der Waals surface area contributed by atoms with Gasteiger partial charge in [-0.3, -0.25) is 14.9 Å². The Morgan fingerprint density at radius 3 is 2.95 bits per heavy atom. The van der Waals surface area contributed by atoms with Crippen molar-refractivity contribution in [2.45, 2.75) is 18.9 Å². The number of carbonyl (C=O) groups excluding carboxylic acids is 1. The molecule has 108 valence electrons. The van der Waals surface area contributed by atoms with Crippen molar-refractivity contribution in [1.29, 1.82) is 0 Å². The standard InChI is InChI=1S/C13H17N3O4/c1-20-12-5-4-10(16(18)19)7-11(12)13(17)15-9-3-2-6-14-8-9/h4-5,7,9,14H,2-3,6,8H2,1H3,(H,15,17). The van der Waals surface area contributed by atoms with Crippen molar-refractivity contribution in [3.05, 3.63) is 33.9 Å². The van der Waals surface area contributed by atoms with Gasteiger partial charge >= 0.3 is 0 Å². The third-order valence-corrected chi connectivity index (χ3v) is 3.27. The molecule has 0 aliphatic carbocycles. The molecule has 7 nitrogen and oxygen atoms in total. The summed E-state index contributed by atoms with van der Waals surface area (Å²) >= 11 is 0. The Morgan fingerprint density at radius 1 is 1.55 bits per heavy atom. The number of nitrogens with zero attached hydrogens (tertiary/aromatic N) is 1. The number of nitro groups is 1. The molecule has 2 rings (SSSR count). The van der Waals surface area contributed by atoms with Crippen LogP contribution in [0.25, 0.3) is 0 Å². The van der Waals surface area contributed by atoms with Crippen molar-refractivity contribution in [1.82, 2.24) is 10.6 Å². The molecule has 1 aromatic carbocycles. The van der Waals surface area contributed by atoms with Crippen LogP contribution in [-0.2, 0) is 0 Å². The summed E-state index contributed by atoms with van der Waals surface area (Å²) in [4.78, 5) is 22.5. The maximum Gasteiger partial charge on any atom is 0.270 e. The van der Waals surface area contributed by atoms with Crippen molar-refractivity contribution in [2.24, 2.45) is 0 Å². The van der Waals surface area contributed by atoms with Gasteiger partial charge in [0.2, 0.25) is 0 Å². The number of hydrogen-bond donors (Lipinski definition) is 2. The number of ether oxygens (including phenoxy) is 1. The van der Waals surface area contributed by atoms with E-state index in [0.29, 0.717) is 12.3 Å². The molecule has 1 saturated heterocycles. The molecule has 0 radical (unpaired) electrons. The summed E-state index contributed by atoms with van der Waals surface area (Å²) in [7, 11) is 1.43. The van der Waals surface area contributed by atoms with Crippen LogP contribution in [0.15, 0.2) is 18.2 Å². The molecule has 0 spiro atoms. The summed E-state index contributed by atoms with van der Waals surface area (Å²) in [6.07, 6.45) is 1.90. The summed E-state index contributed by atoms with van der Waals surface area (Å²) in [5, 5.41) is 16.9. The highest BCUT2D eigenvalue weighted by molar-refractivity contribution is 5.97. The number of non-ortho nitro benzene ring substituents is 1. The van der Waals surface area contributed by atoms with Crippen molar-refractivity contribution in [3.63, 3.8) is 0 Å². The van der Waals surface area contributed by atoms with Gasteiger partial charge in [0.25, 0.3) is 11.6 Å². The molecular formula is C13H17N3O4. The molecule has 0 bridgehead atoms. The van der Waals surface area contributed by atoms with Gasteiger partial charge in [-0.2, -0.15) is 0 Å². The lowest BCUT2D eigenvalue weighted by Gasteiger charge is -2.24. The minimum atomic E-state index is -0.529. The van der Waals surface area contributed by atoms with E-state index in [1.807, 2.05) is 0 Å². The highest BCUT2D eigenvalue weighted by Crippen LogP contribution is 2.24. The molecule has 1 aliphatic heterocycles. The molecule has 20 heavy (non-hydrogen) atoms. The van der Waals surface area contributed by atoms with E-state index in [1.54, 1.807) is 0 Å². The fraction of sp³-hybridized carbons (Fsp3) is 0.462. The van der Waals surface area contributed by atoms with Gasteiger partial charge in [-0.15, -0.1) is 0 Å². The second-order valence-electron chi connectivity index (χ2n) is 4.66. The Labute approximate surface area is 116 Å². The van der Waals surface area contributed by atoms with Crippen molar-refractivity contribution in [2.75, 3.05) is 20.2 Å². The fourth-order valence-corrected chi connectivity index (χ4v) is 2.23. The van der Waals surface area contributed by atoms with Gasteiger partial charge in [0.05, 0.1) is 17.6 Å². The van der Waals surface area contributed by atoms with Crippen molar-refractivity contribution >= 4 is 11.6 Å². The van der Waals surface area contributed by atoms with Crippen LogP contribution in [0.5, 0.6) is 5.75 Å². The Balaban J connectivity index is 2.18. The number of rotatable bonds is 4. The number of nitro benzene ring substituents is 1. The quantitative estimate of drug-likeness (QED) is 0.635. The SMILES string of the molecule is COc1ccc([N+](=O)[O-])cc1C(=O)NC1CCCNC1. The number of amides is 1. The highest BCUT2D eigenvalue weighted by atomic mass is 16.6. The molecule has 1 amide bonds. The van der Waals surface area contributed by atoms with E-state index in [0.717, 1.165) is 19.4 Å². The Hall–Kier alpha value is -2.15. The number of methoxy groups -OCH3 is 1. The summed E-state index contributed by atoms with van der Waals surface area (Å²) in [6.45, 7) is 1.66. The van der Waals surface area contributed by atoms with Crippen LogP contribution in [0.4, 0.5) is 5.69 Å². The first-order valence-corrected chi connectivity index (χ1v) is 6.46. The number of hydrogen-bond acceptors (Lipinski definition) is 5. The zero-order valence-corrected chi connectivity index (χ0v) is 11.2. The van der Waals surface area contributed by atoms with Crippen LogP contribution in [0.3, 0.4) is 0 Å². The third-order valence-electron chi connectivity index (χ3n) is 3.27. The van der Waals surface area contributed by atoms with E-state index < -0.39 is 4.92 Å². The summed E-state index contributed by atoms with van der Waals surface area (Å²) < 4.78 is 5.09. The number of benzene rings is 1. The smallest absolute Gasteiger partial charge is 0.270 e. The van der Waals surface area contributed by atoms with E-state index in [9.17, 15) is 14.9 Å². The Bertz CT molecular complexity index is 512. The second kappa shape index (κ2) is 6.33. The Kier molecular flexibility index (Phi) is 4.52. The molecule has 1 fully saturated rings. The first-order valence-electron chi connectivity index (χ1n) is 6.46. The predicted molar refractivity (Wildman–Crippen MR) is 73.0 cm³/mol. The van der Waals surface area contributed by atoms with Crippen molar-refractivity contribution in [3.8, 4) is 5.75 Å². The van der Waals surface area contributed by atoms with E-state index >= 15 is 0 Å². The number of nitrogens with one attached hydrogen (secondary N) is 2. The summed E-state index contributed by atoms with van der Waals surface area (Å²) in [6, 6.07) is 4.04. The Morgan fingerprint density at radius 2 is 2.35 bits per heavy atom. The van der Waals surface area contributed by atoms with Crippen LogP contribution < -0.4 is 15.4 Å². The predicted octanol–water partition coefficient (Wildman–Crippen LogP) is 1.09. The lowest BCUT2D eigenvalue weighted by Crippen LogP contribution is -2.45. The average molecular weight is 279 g/mol. The fourth-order valence-electron chi connectivity index (χ4n) is 2.23. The van der Waals surface area contributed by atoms with Gasteiger partial charge in [-0.1, -0.05) is 0 Å². The largest absolute Gasteiger partial charge is 0.496 e. The molecule has 0 saturated carbocycles. The molecule has 1 aliphatic rings. The van der Waals surface area contributed by atoms with E-state index in [4.69, 9.17) is 4.74 Å². The molecule has 1 atom stereocenters. The van der Waals surface area contributed by atoms with Crippen molar-refractivity contribution < 1.29 is 14.5 Å². The number of carbonyl (C=O) groups is 1. The van der Waals surface area contributed by atoms with E-state index in [-0.39, 0.29) is 23.2 Å². The molecule has 1 unspecified atom stereocenters. The molecule has 1 heterocycles. The normalized spacial score (nSPS) is 18.4. The topological polar surface area (TPSA) is 93.5 Å². The van der Waals surface area contributed by atoms with E-state index in [1.165, 1.54) is 25.3 Å². The zero-order chi connectivity index (χ0) is 14.5. The zero-order valence-electron chi connectivity index (χ0n) is 11.2.